The Bertz CT molecular complexity index is 1770. The van der Waals surface area contributed by atoms with Crippen LogP contribution in [0.1, 0.15) is 69.8 Å². The van der Waals surface area contributed by atoms with Crippen molar-refractivity contribution in [3.05, 3.63) is 42.5 Å². The van der Waals surface area contributed by atoms with Gasteiger partial charge >= 0.3 is 0 Å². The third-order valence-electron chi connectivity index (χ3n) is 10.6. The van der Waals surface area contributed by atoms with Gasteiger partial charge < -0.3 is 23.9 Å². The number of fused-ring (bicyclic) bond motifs is 1. The Morgan fingerprint density at radius 2 is 1.69 bits per heavy atom. The second kappa shape index (κ2) is 12.5. The highest BCUT2D eigenvalue weighted by Crippen LogP contribution is 2.54. The summed E-state index contributed by atoms with van der Waals surface area (Å²) < 4.78 is 64.6. The van der Waals surface area contributed by atoms with Crippen LogP contribution in [0.3, 0.4) is 0 Å². The largest absolute Gasteiger partial charge is 0.416 e. The van der Waals surface area contributed by atoms with Gasteiger partial charge in [-0.3, -0.25) is 9.52 Å². The zero-order chi connectivity index (χ0) is 34.5. The Labute approximate surface area is 282 Å². The minimum Gasteiger partial charge on any atom is -0.416 e. The SMILES string of the molecule is CC(C)(C)[Si](C)(C)OCCS(=O)(=O)Nc1ccc(NC(=O)c2cn3ccnc3c(N3CCC(F)(F)CC3)n2)c(N2CCC3(CC2)CC3)c1. The minimum absolute atomic E-state index is 0.0280. The lowest BCUT2D eigenvalue weighted by atomic mass is 9.93. The Morgan fingerprint density at radius 3 is 2.33 bits per heavy atom. The van der Waals surface area contributed by atoms with Gasteiger partial charge in [0.25, 0.3) is 11.8 Å². The number of benzene rings is 1. The molecule has 262 valence electrons. The van der Waals surface area contributed by atoms with Gasteiger partial charge in [0.05, 0.1) is 22.8 Å². The van der Waals surface area contributed by atoms with Crippen molar-refractivity contribution in [1.29, 1.82) is 0 Å². The van der Waals surface area contributed by atoms with Crippen molar-refractivity contribution in [2.24, 2.45) is 5.41 Å². The Hall–Kier alpha value is -3.30. The molecule has 1 saturated carbocycles. The van der Waals surface area contributed by atoms with E-state index in [0.717, 1.165) is 31.6 Å². The highest BCUT2D eigenvalue weighted by molar-refractivity contribution is 7.92. The molecular formula is C33H47F2N7O4SSi. The van der Waals surface area contributed by atoms with Gasteiger partial charge in [-0.15, -0.1) is 0 Å². The molecule has 11 nitrogen and oxygen atoms in total. The Balaban J connectivity index is 1.22. The van der Waals surface area contributed by atoms with E-state index >= 15 is 0 Å². The molecule has 2 aliphatic heterocycles. The summed E-state index contributed by atoms with van der Waals surface area (Å²) in [5, 5.41) is 2.98. The maximum atomic E-state index is 13.9. The summed E-state index contributed by atoms with van der Waals surface area (Å²) in [4.78, 5) is 26.7. The van der Waals surface area contributed by atoms with Crippen molar-refractivity contribution in [1.82, 2.24) is 14.4 Å². The molecule has 0 unspecified atom stereocenters. The van der Waals surface area contributed by atoms with Gasteiger partial charge in [-0.25, -0.2) is 27.2 Å². The summed E-state index contributed by atoms with van der Waals surface area (Å²) in [6.45, 7) is 12.4. The first kappa shape index (κ1) is 34.6. The highest BCUT2D eigenvalue weighted by atomic mass is 32.2. The predicted molar refractivity (Wildman–Crippen MR) is 187 cm³/mol. The minimum atomic E-state index is -3.70. The van der Waals surface area contributed by atoms with Crippen molar-refractivity contribution in [3.8, 4) is 0 Å². The number of halogens is 2. The molecule has 3 fully saturated rings. The average Bonchev–Trinajstić information content (AvgIpc) is 3.57. The first-order valence-electron chi connectivity index (χ1n) is 16.8. The highest BCUT2D eigenvalue weighted by Gasteiger charge is 2.45. The molecule has 48 heavy (non-hydrogen) atoms. The second-order valence-electron chi connectivity index (χ2n) is 15.2. The quantitative estimate of drug-likeness (QED) is 0.234. The number of nitrogens with one attached hydrogen (secondary N) is 2. The number of amides is 1. The summed E-state index contributed by atoms with van der Waals surface area (Å²) in [6, 6.07) is 5.13. The van der Waals surface area contributed by atoms with Crippen LogP contribution in [0.5, 0.6) is 0 Å². The fourth-order valence-corrected chi connectivity index (χ4v) is 8.27. The van der Waals surface area contributed by atoms with Gasteiger partial charge in [0.1, 0.15) is 5.69 Å². The number of aromatic nitrogens is 3. The van der Waals surface area contributed by atoms with Crippen LogP contribution in [0.15, 0.2) is 36.8 Å². The molecule has 6 rings (SSSR count). The molecular weight excluding hydrogens is 657 g/mol. The van der Waals surface area contributed by atoms with Gasteiger partial charge in [-0.05, 0) is 67.4 Å². The standard InChI is InChI=1S/C33H47F2N7O4SSi/c1-31(2,3)48(4,5)46-20-21-47(44,45)39-24-6-7-25(27(22-24)40-15-10-32(8-9-32)11-16-40)38-30(43)26-23-42-19-14-36-28(42)29(37-26)41-17-12-33(34,35)13-18-41/h6-7,14,19,22-23,39H,8-13,15-18,20-21H2,1-5H3,(H,38,43). The third-order valence-corrected chi connectivity index (χ3v) is 16.4. The first-order chi connectivity index (χ1) is 22.4. The zero-order valence-electron chi connectivity index (χ0n) is 28.5. The number of carbonyl (C=O) groups excluding carboxylic acids is 1. The van der Waals surface area contributed by atoms with Crippen LogP contribution in [0, 0.1) is 5.41 Å². The van der Waals surface area contributed by atoms with E-state index < -0.39 is 30.2 Å². The van der Waals surface area contributed by atoms with Crippen LogP contribution >= 0.6 is 0 Å². The average molecular weight is 704 g/mol. The number of nitrogens with zero attached hydrogens (tertiary/aromatic N) is 5. The van der Waals surface area contributed by atoms with E-state index in [1.807, 2.05) is 0 Å². The van der Waals surface area contributed by atoms with E-state index in [1.165, 1.54) is 12.8 Å². The van der Waals surface area contributed by atoms with E-state index in [-0.39, 0.29) is 49.0 Å². The number of rotatable bonds is 10. The summed E-state index contributed by atoms with van der Waals surface area (Å²) >= 11 is 0. The Kier molecular flexibility index (Phi) is 9.03. The van der Waals surface area contributed by atoms with Crippen molar-refractivity contribution >= 4 is 52.8 Å². The van der Waals surface area contributed by atoms with Gasteiger partial charge in [-0.1, -0.05) is 20.8 Å². The molecule has 4 heterocycles. The number of piperidine rings is 2. The molecule has 0 atom stereocenters. The lowest BCUT2D eigenvalue weighted by molar-refractivity contribution is -0.0221. The summed E-state index contributed by atoms with van der Waals surface area (Å²) in [6.07, 6.45) is 8.82. The lowest BCUT2D eigenvalue weighted by Gasteiger charge is -2.36. The van der Waals surface area contributed by atoms with Crippen LogP contribution in [0.25, 0.3) is 5.65 Å². The van der Waals surface area contributed by atoms with Gasteiger partial charge in [0.2, 0.25) is 10.0 Å². The Morgan fingerprint density at radius 1 is 1.02 bits per heavy atom. The van der Waals surface area contributed by atoms with Crippen molar-refractivity contribution in [3.63, 3.8) is 0 Å². The van der Waals surface area contributed by atoms with Gasteiger partial charge in [0, 0.05) is 64.2 Å². The van der Waals surface area contributed by atoms with Crippen molar-refractivity contribution in [2.75, 3.05) is 58.4 Å². The number of anilines is 4. The molecule has 3 aromatic rings. The van der Waals surface area contributed by atoms with E-state index in [2.05, 4.69) is 58.8 Å². The van der Waals surface area contributed by atoms with Crippen LogP contribution in [0.4, 0.5) is 31.7 Å². The van der Waals surface area contributed by atoms with Gasteiger partial charge in [-0.2, -0.15) is 0 Å². The number of sulfonamides is 1. The summed E-state index contributed by atoms with van der Waals surface area (Å²) in [5.74, 6) is -2.97. The second-order valence-corrected chi connectivity index (χ2v) is 21.8. The van der Waals surface area contributed by atoms with Crippen LogP contribution in [-0.4, -0.2) is 81.5 Å². The van der Waals surface area contributed by atoms with Gasteiger partial charge in [0.15, 0.2) is 19.8 Å². The summed E-state index contributed by atoms with van der Waals surface area (Å²) in [7, 11) is -5.80. The van der Waals surface area contributed by atoms with Crippen LogP contribution in [0.2, 0.25) is 18.1 Å². The van der Waals surface area contributed by atoms with Crippen LogP contribution in [-0.2, 0) is 14.4 Å². The van der Waals surface area contributed by atoms with E-state index in [1.54, 1.807) is 46.1 Å². The predicted octanol–water partition coefficient (Wildman–Crippen LogP) is 6.36. The molecule has 1 amide bonds. The molecule has 2 aromatic heterocycles. The molecule has 2 saturated heterocycles. The maximum absolute atomic E-state index is 13.9. The van der Waals surface area contributed by atoms with E-state index in [9.17, 15) is 22.0 Å². The topological polar surface area (TPSA) is 121 Å². The molecule has 1 aliphatic carbocycles. The number of carbonyl (C=O) groups is 1. The lowest BCUT2D eigenvalue weighted by Crippen LogP contribution is -2.42. The summed E-state index contributed by atoms with van der Waals surface area (Å²) in [5.41, 5.74) is 2.68. The molecule has 15 heteroatoms. The monoisotopic (exact) mass is 703 g/mol. The van der Waals surface area contributed by atoms with E-state index in [0.29, 0.717) is 28.3 Å². The molecule has 1 spiro atoms. The van der Waals surface area contributed by atoms with Crippen molar-refractivity contribution < 1.29 is 26.4 Å². The normalized spacial score (nSPS) is 19.5. The number of alkyl halides is 2. The van der Waals surface area contributed by atoms with Crippen molar-refractivity contribution in [2.45, 2.75) is 83.4 Å². The number of imidazole rings is 1. The first-order valence-corrected chi connectivity index (χ1v) is 21.3. The fraction of sp³-hybridized carbons (Fsp3) is 0.606. The number of hydrogen-bond acceptors (Lipinski definition) is 8. The third kappa shape index (κ3) is 7.62. The van der Waals surface area contributed by atoms with E-state index in [4.69, 9.17) is 4.43 Å². The molecule has 0 radical (unpaired) electrons. The molecule has 3 aliphatic rings. The maximum Gasteiger partial charge on any atom is 0.275 e. The molecule has 2 N–H and O–H groups in total. The molecule has 1 aromatic carbocycles. The number of hydrogen-bond donors (Lipinski definition) is 2. The zero-order valence-corrected chi connectivity index (χ0v) is 30.3. The fourth-order valence-electron chi connectivity index (χ4n) is 6.18. The smallest absolute Gasteiger partial charge is 0.275 e. The molecule has 0 bridgehead atoms. The van der Waals surface area contributed by atoms with Crippen LogP contribution < -0.4 is 19.8 Å².